The number of nitrogens with zero attached hydrogens (tertiary/aromatic N) is 1. The van der Waals surface area contributed by atoms with Gasteiger partial charge in [-0.1, -0.05) is 6.42 Å². The Bertz CT molecular complexity index is 503. The molecule has 0 aromatic rings. The van der Waals surface area contributed by atoms with Gasteiger partial charge in [0.05, 0.1) is 5.75 Å². The van der Waals surface area contributed by atoms with E-state index in [4.69, 9.17) is 0 Å². The molecule has 3 aliphatic rings. The molecule has 3 unspecified atom stereocenters. The second kappa shape index (κ2) is 7.09. The fourth-order valence-electron chi connectivity index (χ4n) is 4.21. The molecule has 7 heteroatoms. The first-order chi connectivity index (χ1) is 10.5. The second-order valence-electron chi connectivity index (χ2n) is 6.82. The standard InChI is InChI=1S/C15H26N2O3S2/c18-15(11-14-10-12-1-2-13(14)9-12)16-3-8-22(19,20)17-4-6-21-7-5-17/h12-14H,1-11H2,(H,16,18). The van der Waals surface area contributed by atoms with Gasteiger partial charge in [0.25, 0.3) is 0 Å². The minimum Gasteiger partial charge on any atom is -0.355 e. The third-order valence-electron chi connectivity index (χ3n) is 5.38. The lowest BCUT2D eigenvalue weighted by Crippen LogP contribution is -2.42. The van der Waals surface area contributed by atoms with Crippen LogP contribution in [-0.2, 0) is 14.8 Å². The maximum Gasteiger partial charge on any atom is 0.220 e. The number of carbonyl (C=O) groups is 1. The summed E-state index contributed by atoms with van der Waals surface area (Å²) in [5.74, 6) is 3.92. The van der Waals surface area contributed by atoms with E-state index in [1.807, 2.05) is 0 Å². The van der Waals surface area contributed by atoms with E-state index in [9.17, 15) is 13.2 Å². The van der Waals surface area contributed by atoms with Gasteiger partial charge in [-0.05, 0) is 37.0 Å². The van der Waals surface area contributed by atoms with E-state index in [1.165, 1.54) is 25.7 Å². The number of amides is 1. The number of rotatable bonds is 6. The van der Waals surface area contributed by atoms with Crippen LogP contribution in [0.25, 0.3) is 0 Å². The SMILES string of the molecule is O=C(CC1CC2CCC1C2)NCCS(=O)(=O)N1CCSCC1. The molecule has 0 aromatic heterocycles. The zero-order valence-corrected chi connectivity index (χ0v) is 14.6. The van der Waals surface area contributed by atoms with Crippen LogP contribution in [-0.4, -0.2) is 55.5 Å². The summed E-state index contributed by atoms with van der Waals surface area (Å²) >= 11 is 1.79. The van der Waals surface area contributed by atoms with Crippen molar-refractivity contribution in [2.24, 2.45) is 17.8 Å². The molecular formula is C15H26N2O3S2. The maximum absolute atomic E-state index is 12.2. The molecule has 22 heavy (non-hydrogen) atoms. The van der Waals surface area contributed by atoms with Crippen LogP contribution in [0.15, 0.2) is 0 Å². The Kier molecular flexibility index (Phi) is 5.35. The Hall–Kier alpha value is -0.270. The predicted molar refractivity (Wildman–Crippen MR) is 89.2 cm³/mol. The lowest BCUT2D eigenvalue weighted by Gasteiger charge is -2.25. The quantitative estimate of drug-likeness (QED) is 0.787. The summed E-state index contributed by atoms with van der Waals surface area (Å²) in [6.07, 6.45) is 5.71. The van der Waals surface area contributed by atoms with Crippen LogP contribution < -0.4 is 5.32 Å². The van der Waals surface area contributed by atoms with Crippen molar-refractivity contribution in [3.63, 3.8) is 0 Å². The highest BCUT2D eigenvalue weighted by molar-refractivity contribution is 7.99. The smallest absolute Gasteiger partial charge is 0.220 e. The molecule has 1 amide bonds. The van der Waals surface area contributed by atoms with E-state index >= 15 is 0 Å². The number of thioether (sulfide) groups is 1. The molecule has 5 nitrogen and oxygen atoms in total. The molecule has 3 rings (SSSR count). The number of carbonyl (C=O) groups excluding carboxylic acids is 1. The predicted octanol–water partition coefficient (Wildman–Crippen LogP) is 1.31. The summed E-state index contributed by atoms with van der Waals surface area (Å²) in [6, 6.07) is 0. The third-order valence-corrected chi connectivity index (χ3v) is 8.19. The fraction of sp³-hybridized carbons (Fsp3) is 0.933. The molecule has 0 aromatic carbocycles. The van der Waals surface area contributed by atoms with Crippen LogP contribution in [0, 0.1) is 17.8 Å². The monoisotopic (exact) mass is 346 g/mol. The molecule has 1 heterocycles. The molecule has 126 valence electrons. The molecule has 1 aliphatic heterocycles. The minimum atomic E-state index is -3.21. The number of sulfonamides is 1. The van der Waals surface area contributed by atoms with Crippen LogP contribution in [0.3, 0.4) is 0 Å². The Morgan fingerprint density at radius 2 is 1.95 bits per heavy atom. The van der Waals surface area contributed by atoms with Crippen molar-refractivity contribution in [2.45, 2.75) is 32.1 Å². The van der Waals surface area contributed by atoms with E-state index in [2.05, 4.69) is 5.32 Å². The molecule has 2 aliphatic carbocycles. The number of hydrogen-bond donors (Lipinski definition) is 1. The largest absolute Gasteiger partial charge is 0.355 e. The van der Waals surface area contributed by atoms with Gasteiger partial charge >= 0.3 is 0 Å². The average molecular weight is 347 g/mol. The Morgan fingerprint density at radius 1 is 1.18 bits per heavy atom. The number of nitrogens with one attached hydrogen (secondary N) is 1. The summed E-state index contributed by atoms with van der Waals surface area (Å²) in [4.78, 5) is 12.0. The van der Waals surface area contributed by atoms with Gasteiger partial charge in [-0.25, -0.2) is 12.7 Å². The van der Waals surface area contributed by atoms with Gasteiger partial charge in [-0.2, -0.15) is 11.8 Å². The van der Waals surface area contributed by atoms with E-state index in [0.717, 1.165) is 23.3 Å². The number of fused-ring (bicyclic) bond motifs is 2. The molecule has 0 radical (unpaired) electrons. The highest BCUT2D eigenvalue weighted by Gasteiger charge is 2.40. The Labute approximate surface area is 137 Å². The van der Waals surface area contributed by atoms with Gasteiger partial charge in [0, 0.05) is 37.6 Å². The van der Waals surface area contributed by atoms with Gasteiger partial charge in [0.1, 0.15) is 0 Å². The minimum absolute atomic E-state index is 0.0279. The van der Waals surface area contributed by atoms with Crippen molar-refractivity contribution >= 4 is 27.7 Å². The molecule has 2 saturated carbocycles. The normalized spacial score (nSPS) is 32.3. The Morgan fingerprint density at radius 3 is 2.59 bits per heavy atom. The summed E-state index contributed by atoms with van der Waals surface area (Å²) < 4.78 is 25.9. The zero-order valence-electron chi connectivity index (χ0n) is 13.0. The van der Waals surface area contributed by atoms with Gasteiger partial charge in [-0.15, -0.1) is 0 Å². The van der Waals surface area contributed by atoms with Crippen LogP contribution in [0.5, 0.6) is 0 Å². The zero-order chi connectivity index (χ0) is 15.6. The highest BCUT2D eigenvalue weighted by Crippen LogP contribution is 2.49. The van der Waals surface area contributed by atoms with Crippen molar-refractivity contribution < 1.29 is 13.2 Å². The van der Waals surface area contributed by atoms with Crippen LogP contribution >= 0.6 is 11.8 Å². The molecule has 0 spiro atoms. The lowest BCUT2D eigenvalue weighted by atomic mass is 9.86. The first kappa shape index (κ1) is 16.6. The first-order valence-electron chi connectivity index (χ1n) is 8.37. The molecule has 2 bridgehead atoms. The van der Waals surface area contributed by atoms with E-state index in [1.54, 1.807) is 16.1 Å². The van der Waals surface area contributed by atoms with E-state index < -0.39 is 10.0 Å². The average Bonchev–Trinajstić information content (AvgIpc) is 3.10. The molecule has 3 fully saturated rings. The van der Waals surface area contributed by atoms with Crippen LogP contribution in [0.2, 0.25) is 0 Å². The summed E-state index contributed by atoms with van der Waals surface area (Å²) in [5.41, 5.74) is 0. The Balaban J connectivity index is 1.38. The van der Waals surface area contributed by atoms with E-state index in [-0.39, 0.29) is 18.2 Å². The second-order valence-corrected chi connectivity index (χ2v) is 10.1. The van der Waals surface area contributed by atoms with Gasteiger partial charge in [0.15, 0.2) is 0 Å². The van der Waals surface area contributed by atoms with Crippen molar-refractivity contribution in [2.75, 3.05) is 36.9 Å². The lowest BCUT2D eigenvalue weighted by molar-refractivity contribution is -0.122. The third kappa shape index (κ3) is 3.97. The molecule has 1 saturated heterocycles. The van der Waals surface area contributed by atoms with Crippen LogP contribution in [0.4, 0.5) is 0 Å². The molecular weight excluding hydrogens is 320 g/mol. The van der Waals surface area contributed by atoms with E-state index in [0.29, 0.717) is 25.4 Å². The van der Waals surface area contributed by atoms with Crippen molar-refractivity contribution in [3.8, 4) is 0 Å². The molecule has 1 N–H and O–H groups in total. The highest BCUT2D eigenvalue weighted by atomic mass is 32.2. The summed E-state index contributed by atoms with van der Waals surface area (Å²) in [6.45, 7) is 1.45. The fourth-order valence-corrected chi connectivity index (χ4v) is 6.70. The topological polar surface area (TPSA) is 66.5 Å². The van der Waals surface area contributed by atoms with Crippen molar-refractivity contribution in [1.29, 1.82) is 0 Å². The number of hydrogen-bond acceptors (Lipinski definition) is 4. The summed E-state index contributed by atoms with van der Waals surface area (Å²) in [7, 11) is -3.21. The van der Waals surface area contributed by atoms with Gasteiger partial charge < -0.3 is 5.32 Å². The van der Waals surface area contributed by atoms with Crippen LogP contribution in [0.1, 0.15) is 32.1 Å². The van der Waals surface area contributed by atoms with Gasteiger partial charge in [-0.3, -0.25) is 4.79 Å². The van der Waals surface area contributed by atoms with Crippen molar-refractivity contribution in [3.05, 3.63) is 0 Å². The summed E-state index contributed by atoms with van der Waals surface area (Å²) in [5, 5.41) is 2.81. The maximum atomic E-state index is 12.2. The van der Waals surface area contributed by atoms with Gasteiger partial charge in [0.2, 0.25) is 15.9 Å². The first-order valence-corrected chi connectivity index (χ1v) is 11.1. The van der Waals surface area contributed by atoms with Crippen molar-refractivity contribution in [1.82, 2.24) is 9.62 Å². The molecule has 3 atom stereocenters.